The summed E-state index contributed by atoms with van der Waals surface area (Å²) >= 11 is 12.2. The van der Waals surface area contributed by atoms with Gasteiger partial charge in [0.25, 0.3) is 0 Å². The number of hydrogen-bond acceptors (Lipinski definition) is 3. The number of pyridine rings is 1. The molecule has 0 aliphatic rings. The van der Waals surface area contributed by atoms with Crippen molar-refractivity contribution in [2.24, 2.45) is 0 Å². The van der Waals surface area contributed by atoms with E-state index in [1.54, 1.807) is 12.3 Å². The van der Waals surface area contributed by atoms with Crippen molar-refractivity contribution in [3.8, 4) is 16.9 Å². The molecule has 1 heterocycles. The number of rotatable bonds is 7. The molecule has 0 radical (unpaired) electrons. The third kappa shape index (κ3) is 5.46. The van der Waals surface area contributed by atoms with E-state index in [-0.39, 0.29) is 6.10 Å². The molecule has 0 bridgehead atoms. The van der Waals surface area contributed by atoms with Crippen LogP contribution in [-0.4, -0.2) is 22.3 Å². The summed E-state index contributed by atoms with van der Waals surface area (Å²) in [5, 5.41) is 11.6. The first-order valence-corrected chi connectivity index (χ1v) is 9.57. The Hall–Kier alpha value is -2.07. The van der Waals surface area contributed by atoms with Gasteiger partial charge in [-0.05, 0) is 61.2 Å². The molecule has 3 rings (SSSR count). The quantitative estimate of drug-likeness (QED) is 0.542. The Morgan fingerprint density at radius 2 is 1.85 bits per heavy atom. The van der Waals surface area contributed by atoms with Crippen LogP contribution >= 0.6 is 23.2 Å². The van der Waals surface area contributed by atoms with Gasteiger partial charge in [-0.25, -0.2) is 0 Å². The van der Waals surface area contributed by atoms with Crippen molar-refractivity contribution >= 4 is 23.2 Å². The predicted octanol–water partition coefficient (Wildman–Crippen LogP) is 5.82. The van der Waals surface area contributed by atoms with Crippen LogP contribution in [-0.2, 0) is 6.42 Å². The van der Waals surface area contributed by atoms with Gasteiger partial charge in [0, 0.05) is 28.0 Å². The van der Waals surface area contributed by atoms with E-state index in [1.807, 2.05) is 61.7 Å². The lowest BCUT2D eigenvalue weighted by molar-refractivity contribution is 0.0420. The normalized spacial score (nSPS) is 13.2. The molecule has 27 heavy (non-hydrogen) atoms. The molecule has 2 unspecified atom stereocenters. The van der Waals surface area contributed by atoms with Gasteiger partial charge in [0.15, 0.2) is 0 Å². The third-order valence-electron chi connectivity index (χ3n) is 4.41. The van der Waals surface area contributed by atoms with Crippen molar-refractivity contribution < 1.29 is 9.84 Å². The predicted molar refractivity (Wildman–Crippen MR) is 111 cm³/mol. The van der Waals surface area contributed by atoms with Gasteiger partial charge in [0.1, 0.15) is 11.9 Å². The number of aliphatic hydroxyl groups is 1. The lowest BCUT2D eigenvalue weighted by Gasteiger charge is -2.20. The van der Waals surface area contributed by atoms with Gasteiger partial charge in [-0.2, -0.15) is 0 Å². The molecule has 0 spiro atoms. The Morgan fingerprint density at radius 3 is 2.52 bits per heavy atom. The fourth-order valence-electron chi connectivity index (χ4n) is 2.83. The third-order valence-corrected chi connectivity index (χ3v) is 4.96. The highest BCUT2D eigenvalue weighted by Gasteiger charge is 2.16. The van der Waals surface area contributed by atoms with Crippen LogP contribution < -0.4 is 4.74 Å². The summed E-state index contributed by atoms with van der Waals surface area (Å²) in [5.41, 5.74) is 3.00. The second-order valence-corrected chi connectivity index (χ2v) is 7.28. The lowest BCUT2D eigenvalue weighted by Crippen LogP contribution is -2.29. The molecule has 2 aromatic carbocycles. The van der Waals surface area contributed by atoms with Crippen molar-refractivity contribution in [2.45, 2.75) is 32.0 Å². The number of aryl methyl sites for hydroxylation is 1. The van der Waals surface area contributed by atoms with Gasteiger partial charge in [0.05, 0.1) is 6.10 Å². The highest BCUT2D eigenvalue weighted by molar-refractivity contribution is 6.36. The number of benzene rings is 2. The van der Waals surface area contributed by atoms with Crippen LogP contribution in [0.25, 0.3) is 11.1 Å². The topological polar surface area (TPSA) is 42.4 Å². The van der Waals surface area contributed by atoms with E-state index >= 15 is 0 Å². The number of nitrogens with zero attached hydrogens (tertiary/aromatic N) is 1. The van der Waals surface area contributed by atoms with Crippen LogP contribution in [0.5, 0.6) is 5.75 Å². The monoisotopic (exact) mass is 401 g/mol. The van der Waals surface area contributed by atoms with Crippen LogP contribution in [0.2, 0.25) is 10.0 Å². The van der Waals surface area contributed by atoms with Gasteiger partial charge in [-0.1, -0.05) is 47.5 Å². The zero-order valence-corrected chi connectivity index (χ0v) is 16.5. The van der Waals surface area contributed by atoms with E-state index in [0.29, 0.717) is 22.2 Å². The standard InChI is InChI=1S/C22H21Cl2NO2/c1-15(22(26)11-4-16-3-2-12-25-14-16)27-19-8-5-17(6-9-19)20-10-7-18(23)13-21(20)24/h2-3,5-10,12-15,22,26H,4,11H2,1H3. The maximum atomic E-state index is 10.4. The molecule has 0 saturated heterocycles. The second-order valence-electron chi connectivity index (χ2n) is 6.44. The summed E-state index contributed by atoms with van der Waals surface area (Å²) in [7, 11) is 0. The fourth-order valence-corrected chi connectivity index (χ4v) is 3.34. The number of ether oxygens (including phenoxy) is 1. The minimum atomic E-state index is -0.560. The second kappa shape index (κ2) is 9.23. The van der Waals surface area contributed by atoms with Crippen LogP contribution in [0.1, 0.15) is 18.9 Å². The molecular weight excluding hydrogens is 381 g/mol. The first-order valence-electron chi connectivity index (χ1n) is 8.82. The minimum Gasteiger partial charge on any atom is -0.488 e. The fraction of sp³-hybridized carbons (Fsp3) is 0.227. The molecule has 140 valence electrons. The summed E-state index contributed by atoms with van der Waals surface area (Å²) < 4.78 is 5.89. The summed E-state index contributed by atoms with van der Waals surface area (Å²) in [6.07, 6.45) is 4.07. The molecule has 3 aromatic rings. The molecule has 1 aromatic heterocycles. The Bertz CT molecular complexity index is 869. The van der Waals surface area contributed by atoms with E-state index < -0.39 is 6.10 Å². The molecule has 1 N–H and O–H groups in total. The first-order chi connectivity index (χ1) is 13.0. The number of aromatic nitrogens is 1. The number of halogens is 2. The highest BCUT2D eigenvalue weighted by Crippen LogP contribution is 2.31. The van der Waals surface area contributed by atoms with Gasteiger partial charge in [-0.15, -0.1) is 0 Å². The van der Waals surface area contributed by atoms with E-state index in [1.165, 1.54) is 0 Å². The molecule has 0 fully saturated rings. The Labute approximate surface area is 169 Å². The molecule has 0 amide bonds. The van der Waals surface area contributed by atoms with Crippen LogP contribution in [0.15, 0.2) is 67.0 Å². The summed E-state index contributed by atoms with van der Waals surface area (Å²) in [4.78, 5) is 4.09. The molecule has 3 nitrogen and oxygen atoms in total. The average Bonchev–Trinajstić information content (AvgIpc) is 2.68. The van der Waals surface area contributed by atoms with E-state index in [0.717, 1.165) is 23.1 Å². The maximum absolute atomic E-state index is 10.4. The first kappa shape index (κ1) is 19.7. The van der Waals surface area contributed by atoms with Gasteiger partial charge in [-0.3, -0.25) is 4.98 Å². The van der Waals surface area contributed by atoms with Crippen LogP contribution in [0.4, 0.5) is 0 Å². The van der Waals surface area contributed by atoms with Crippen molar-refractivity contribution in [3.63, 3.8) is 0 Å². The van der Waals surface area contributed by atoms with Crippen LogP contribution in [0, 0.1) is 0 Å². The summed E-state index contributed by atoms with van der Waals surface area (Å²) in [6.45, 7) is 1.87. The molecule has 2 atom stereocenters. The van der Waals surface area contributed by atoms with E-state index in [4.69, 9.17) is 27.9 Å². The summed E-state index contributed by atoms with van der Waals surface area (Å²) in [5.74, 6) is 0.705. The zero-order valence-electron chi connectivity index (χ0n) is 15.0. The maximum Gasteiger partial charge on any atom is 0.122 e. The average molecular weight is 402 g/mol. The van der Waals surface area contributed by atoms with E-state index in [9.17, 15) is 5.11 Å². The Balaban J connectivity index is 1.58. The van der Waals surface area contributed by atoms with Gasteiger partial charge >= 0.3 is 0 Å². The van der Waals surface area contributed by atoms with E-state index in [2.05, 4.69) is 4.98 Å². The zero-order chi connectivity index (χ0) is 19.2. The van der Waals surface area contributed by atoms with Gasteiger partial charge in [0.2, 0.25) is 0 Å². The SMILES string of the molecule is CC(Oc1ccc(-c2ccc(Cl)cc2Cl)cc1)C(O)CCc1cccnc1. The smallest absolute Gasteiger partial charge is 0.122 e. The van der Waals surface area contributed by atoms with Crippen molar-refractivity contribution in [2.75, 3.05) is 0 Å². The Morgan fingerprint density at radius 1 is 1.07 bits per heavy atom. The Kier molecular flexibility index (Phi) is 6.73. The number of hydrogen-bond donors (Lipinski definition) is 1. The van der Waals surface area contributed by atoms with Crippen molar-refractivity contribution in [1.82, 2.24) is 4.98 Å². The van der Waals surface area contributed by atoms with Crippen molar-refractivity contribution in [1.29, 1.82) is 0 Å². The molecule has 0 aliphatic carbocycles. The molecule has 0 saturated carbocycles. The largest absolute Gasteiger partial charge is 0.488 e. The van der Waals surface area contributed by atoms with Crippen molar-refractivity contribution in [3.05, 3.63) is 82.6 Å². The lowest BCUT2D eigenvalue weighted by atomic mass is 10.0. The summed E-state index contributed by atoms with van der Waals surface area (Å²) in [6, 6.07) is 17.0. The molecule has 0 aliphatic heterocycles. The van der Waals surface area contributed by atoms with Gasteiger partial charge < -0.3 is 9.84 Å². The highest BCUT2D eigenvalue weighted by atomic mass is 35.5. The molecule has 5 heteroatoms. The number of aliphatic hydroxyl groups excluding tert-OH is 1. The minimum absolute atomic E-state index is 0.313. The van der Waals surface area contributed by atoms with Crippen LogP contribution in [0.3, 0.4) is 0 Å². The molecular formula is C22H21Cl2NO2.